The van der Waals surface area contributed by atoms with Crippen molar-refractivity contribution in [2.24, 2.45) is 5.73 Å². The zero-order valence-electron chi connectivity index (χ0n) is 18.3. The quantitative estimate of drug-likeness (QED) is 0.426. The van der Waals surface area contributed by atoms with Gasteiger partial charge in [0.15, 0.2) is 5.58 Å². The maximum atomic E-state index is 13.2. The van der Waals surface area contributed by atoms with Crippen molar-refractivity contribution in [1.82, 2.24) is 10.3 Å². The first kappa shape index (κ1) is 22.9. The first-order valence-electron chi connectivity index (χ1n) is 11.3. The second kappa shape index (κ2) is 10.1. The van der Waals surface area contributed by atoms with Crippen molar-refractivity contribution in [3.05, 3.63) is 52.5 Å². The van der Waals surface area contributed by atoms with Gasteiger partial charge in [0, 0.05) is 24.1 Å². The fraction of sp³-hybridized carbons (Fsp3) is 0.500. The normalized spacial score (nSPS) is 18.9. The molecule has 1 amide bonds. The van der Waals surface area contributed by atoms with E-state index < -0.39 is 23.5 Å². The van der Waals surface area contributed by atoms with Crippen LogP contribution in [0.3, 0.4) is 0 Å². The van der Waals surface area contributed by atoms with Gasteiger partial charge in [-0.1, -0.05) is 38.0 Å². The van der Waals surface area contributed by atoms with Gasteiger partial charge in [0.2, 0.25) is 11.8 Å². The molecule has 4 N–H and O–H groups in total. The predicted octanol–water partition coefficient (Wildman–Crippen LogP) is 3.89. The van der Waals surface area contributed by atoms with Crippen LogP contribution in [0.4, 0.5) is 0 Å². The monoisotopic (exact) mass is 457 g/mol. The summed E-state index contributed by atoms with van der Waals surface area (Å²) in [5, 5.41) is 17.2. The van der Waals surface area contributed by atoms with Gasteiger partial charge in [0.05, 0.1) is 5.92 Å². The number of hydrogen-bond acceptors (Lipinski definition) is 7. The van der Waals surface area contributed by atoms with Crippen molar-refractivity contribution >= 4 is 28.3 Å². The van der Waals surface area contributed by atoms with Crippen LogP contribution in [0, 0.1) is 0 Å². The summed E-state index contributed by atoms with van der Waals surface area (Å²) < 4.78 is 11.4. The van der Waals surface area contributed by atoms with Crippen LogP contribution in [-0.2, 0) is 9.53 Å². The highest BCUT2D eigenvalue weighted by Crippen LogP contribution is 2.44. The molecular formula is C24H31N3O4S. The summed E-state index contributed by atoms with van der Waals surface area (Å²) in [7, 11) is 0. The number of fused-ring (bicyclic) bond motifs is 1. The van der Waals surface area contributed by atoms with Gasteiger partial charge in [-0.2, -0.15) is 0 Å². The third kappa shape index (κ3) is 4.59. The van der Waals surface area contributed by atoms with E-state index in [1.54, 1.807) is 0 Å². The van der Waals surface area contributed by atoms with Crippen LogP contribution in [0.15, 0.2) is 46.2 Å². The summed E-state index contributed by atoms with van der Waals surface area (Å²) in [5.74, 6) is -0.908. The molecule has 0 spiro atoms. The molecule has 0 aliphatic carbocycles. The average molecular weight is 458 g/mol. The summed E-state index contributed by atoms with van der Waals surface area (Å²) >= 11 is 1.50. The molecule has 0 saturated carbocycles. The molecule has 8 heteroatoms. The molecule has 32 heavy (non-hydrogen) atoms. The fourth-order valence-electron chi connectivity index (χ4n) is 4.62. The molecular weight excluding hydrogens is 426 g/mol. The highest BCUT2D eigenvalue weighted by atomic mass is 32.1. The summed E-state index contributed by atoms with van der Waals surface area (Å²) in [6, 6.07) is 11.3. The Kier molecular flexibility index (Phi) is 7.25. The van der Waals surface area contributed by atoms with Crippen molar-refractivity contribution in [2.45, 2.75) is 62.6 Å². The van der Waals surface area contributed by atoms with E-state index >= 15 is 0 Å². The maximum Gasteiger partial charge on any atom is 0.238 e. The first-order chi connectivity index (χ1) is 15.5. The summed E-state index contributed by atoms with van der Waals surface area (Å²) in [6.45, 7) is 3.35. The maximum absolute atomic E-state index is 13.2. The second-order valence-corrected chi connectivity index (χ2v) is 9.41. The summed E-state index contributed by atoms with van der Waals surface area (Å²) in [4.78, 5) is 18.6. The molecule has 1 saturated heterocycles. The van der Waals surface area contributed by atoms with E-state index in [-0.39, 0.29) is 11.9 Å². The molecule has 0 radical (unpaired) electrons. The predicted molar refractivity (Wildman–Crippen MR) is 124 cm³/mol. The molecule has 3 atom stereocenters. The van der Waals surface area contributed by atoms with Crippen molar-refractivity contribution < 1.29 is 19.1 Å². The van der Waals surface area contributed by atoms with E-state index in [2.05, 4.69) is 17.2 Å². The standard InChI is InChI=1S/C24H31N3O4S/c1-2-3-12-24(23(25)29,27-16-10-13-30-14-11-16)20(19-9-6-15-32-19)21(28)22-26-17-7-4-5-8-18(17)31-22/h4-9,15-16,20-21,27-28H,2-3,10-14H2,1H3,(H2,25,29). The van der Waals surface area contributed by atoms with E-state index in [9.17, 15) is 9.90 Å². The number of aliphatic hydroxyl groups is 1. The van der Waals surface area contributed by atoms with Gasteiger partial charge in [0.1, 0.15) is 17.2 Å². The zero-order chi connectivity index (χ0) is 22.6. The van der Waals surface area contributed by atoms with Crippen LogP contribution in [-0.4, -0.2) is 40.8 Å². The molecule has 3 heterocycles. The molecule has 1 aliphatic rings. The molecule has 3 aromatic rings. The van der Waals surface area contributed by atoms with Gasteiger partial charge < -0.3 is 20.0 Å². The molecule has 3 unspecified atom stereocenters. The first-order valence-corrected chi connectivity index (χ1v) is 12.2. The van der Waals surface area contributed by atoms with Crippen molar-refractivity contribution in [2.75, 3.05) is 13.2 Å². The molecule has 7 nitrogen and oxygen atoms in total. The van der Waals surface area contributed by atoms with Gasteiger partial charge in [-0.05, 0) is 42.8 Å². The number of nitrogens with zero attached hydrogens (tertiary/aromatic N) is 1. The number of primary amides is 1. The molecule has 172 valence electrons. The number of rotatable bonds is 10. The lowest BCUT2D eigenvalue weighted by Crippen LogP contribution is -2.63. The van der Waals surface area contributed by atoms with Crippen LogP contribution in [0.5, 0.6) is 0 Å². The highest BCUT2D eigenvalue weighted by molar-refractivity contribution is 7.10. The number of amides is 1. The van der Waals surface area contributed by atoms with Gasteiger partial charge in [-0.25, -0.2) is 4.98 Å². The minimum absolute atomic E-state index is 0.0754. The van der Waals surface area contributed by atoms with Crippen LogP contribution < -0.4 is 11.1 Å². The Labute approximate surface area is 192 Å². The number of nitrogens with one attached hydrogen (secondary N) is 1. The van der Waals surface area contributed by atoms with Crippen LogP contribution in [0.1, 0.15) is 61.8 Å². The van der Waals surface area contributed by atoms with Crippen LogP contribution >= 0.6 is 11.3 Å². The third-order valence-electron chi connectivity index (χ3n) is 6.31. The van der Waals surface area contributed by atoms with Crippen LogP contribution in [0.25, 0.3) is 11.1 Å². The lowest BCUT2D eigenvalue weighted by Gasteiger charge is -2.43. The SMILES string of the molecule is CCCCC(NC1CCOCC1)(C(N)=O)C(c1cccs1)C(O)c1nc2ccccc2o1. The van der Waals surface area contributed by atoms with E-state index in [1.165, 1.54) is 11.3 Å². The Balaban J connectivity index is 1.79. The topological polar surface area (TPSA) is 111 Å². The number of aliphatic hydroxyl groups excluding tert-OH is 1. The number of ether oxygens (including phenoxy) is 1. The minimum atomic E-state index is -1.15. The second-order valence-electron chi connectivity index (χ2n) is 8.43. The van der Waals surface area contributed by atoms with E-state index in [0.717, 1.165) is 30.6 Å². The number of para-hydroxylation sites is 2. The van der Waals surface area contributed by atoms with Crippen molar-refractivity contribution in [3.63, 3.8) is 0 Å². The number of aromatic nitrogens is 1. The van der Waals surface area contributed by atoms with E-state index in [4.69, 9.17) is 14.9 Å². The molecule has 0 bridgehead atoms. The zero-order valence-corrected chi connectivity index (χ0v) is 19.1. The van der Waals surface area contributed by atoms with Gasteiger partial charge in [-0.3, -0.25) is 10.1 Å². The molecule has 1 aromatic carbocycles. The van der Waals surface area contributed by atoms with E-state index in [0.29, 0.717) is 30.7 Å². The Morgan fingerprint density at radius 3 is 2.75 bits per heavy atom. The molecule has 1 fully saturated rings. The Morgan fingerprint density at radius 1 is 1.31 bits per heavy atom. The van der Waals surface area contributed by atoms with Crippen LogP contribution in [0.2, 0.25) is 0 Å². The Hall–Kier alpha value is -2.26. The average Bonchev–Trinajstić information content (AvgIpc) is 3.48. The van der Waals surface area contributed by atoms with Crippen molar-refractivity contribution in [3.8, 4) is 0 Å². The number of hydrogen-bond donors (Lipinski definition) is 3. The summed E-state index contributed by atoms with van der Waals surface area (Å²) in [6.07, 6.45) is 2.64. The summed E-state index contributed by atoms with van der Waals surface area (Å²) in [5.41, 5.74) is 6.26. The Bertz CT molecular complexity index is 982. The highest BCUT2D eigenvalue weighted by Gasteiger charge is 2.51. The number of unbranched alkanes of at least 4 members (excludes halogenated alkanes) is 1. The largest absolute Gasteiger partial charge is 0.438 e. The Morgan fingerprint density at radius 2 is 2.09 bits per heavy atom. The molecule has 4 rings (SSSR count). The van der Waals surface area contributed by atoms with Gasteiger partial charge in [0.25, 0.3) is 0 Å². The third-order valence-corrected chi connectivity index (χ3v) is 7.26. The van der Waals surface area contributed by atoms with E-state index in [1.807, 2.05) is 41.8 Å². The number of carbonyl (C=O) groups excluding carboxylic acids is 1. The number of thiophene rings is 1. The number of benzene rings is 1. The number of carbonyl (C=O) groups is 1. The number of oxazole rings is 1. The minimum Gasteiger partial charge on any atom is -0.438 e. The molecule has 1 aliphatic heterocycles. The molecule has 2 aromatic heterocycles. The lowest BCUT2D eigenvalue weighted by molar-refractivity contribution is -0.128. The van der Waals surface area contributed by atoms with Gasteiger partial charge >= 0.3 is 0 Å². The smallest absolute Gasteiger partial charge is 0.238 e. The van der Waals surface area contributed by atoms with Crippen molar-refractivity contribution in [1.29, 1.82) is 0 Å². The lowest BCUT2D eigenvalue weighted by atomic mass is 9.74. The fourth-order valence-corrected chi connectivity index (χ4v) is 5.57. The van der Waals surface area contributed by atoms with Gasteiger partial charge in [-0.15, -0.1) is 11.3 Å². The number of nitrogens with two attached hydrogens (primary N) is 1.